The van der Waals surface area contributed by atoms with Gasteiger partial charge in [0.2, 0.25) is 0 Å². The van der Waals surface area contributed by atoms with Gasteiger partial charge in [-0.2, -0.15) is 0 Å². The molecule has 6 nitrogen and oxygen atoms in total. The molecule has 0 aliphatic heterocycles. The number of hydrogen-bond acceptors (Lipinski definition) is 6. The van der Waals surface area contributed by atoms with E-state index in [1.165, 1.54) is 19.3 Å². The van der Waals surface area contributed by atoms with Gasteiger partial charge in [-0.25, -0.2) is 14.4 Å². The summed E-state index contributed by atoms with van der Waals surface area (Å²) in [5, 5.41) is 0. The Bertz CT molecular complexity index is 1050. The summed E-state index contributed by atoms with van der Waals surface area (Å²) < 4.78 is 17.3. The zero-order valence-electron chi connectivity index (χ0n) is 21.1. The molecule has 0 radical (unpaired) electrons. The number of esters is 3. The number of carbonyl (C=O) groups excluding carboxylic acids is 3. The van der Waals surface area contributed by atoms with Gasteiger partial charge in [0.05, 0.1) is 0 Å². The molecular formula is C30H34O6. The molecule has 0 amide bonds. The van der Waals surface area contributed by atoms with Gasteiger partial charge in [-0.3, -0.25) is 0 Å². The SMILES string of the molecule is CC(C)(C)OC(=O)/C=C/C(=O)OC(C(=O)OC1CC2CCC(C2)C1)(c1ccccc1)c1ccccc1. The molecule has 2 aliphatic carbocycles. The summed E-state index contributed by atoms with van der Waals surface area (Å²) in [4.78, 5) is 39.2. The molecule has 2 saturated carbocycles. The fourth-order valence-electron chi connectivity index (χ4n) is 5.34. The second-order valence-corrected chi connectivity index (χ2v) is 10.7. The lowest BCUT2D eigenvalue weighted by Crippen LogP contribution is -2.45. The summed E-state index contributed by atoms with van der Waals surface area (Å²) >= 11 is 0. The van der Waals surface area contributed by atoms with E-state index in [0.717, 1.165) is 25.0 Å². The fraction of sp³-hybridized carbons (Fsp3) is 0.433. The van der Waals surface area contributed by atoms with Crippen molar-refractivity contribution >= 4 is 17.9 Å². The van der Waals surface area contributed by atoms with E-state index >= 15 is 0 Å². The molecule has 2 aromatic rings. The van der Waals surface area contributed by atoms with Gasteiger partial charge < -0.3 is 14.2 Å². The van der Waals surface area contributed by atoms with Crippen LogP contribution in [0.3, 0.4) is 0 Å². The van der Waals surface area contributed by atoms with E-state index in [9.17, 15) is 14.4 Å². The highest BCUT2D eigenvalue weighted by atomic mass is 16.6. The minimum absolute atomic E-state index is 0.216. The van der Waals surface area contributed by atoms with Crippen LogP contribution in [0.4, 0.5) is 0 Å². The lowest BCUT2D eigenvalue weighted by atomic mass is 9.84. The molecule has 2 atom stereocenters. The Morgan fingerprint density at radius 3 is 1.67 bits per heavy atom. The first-order valence-electron chi connectivity index (χ1n) is 12.6. The van der Waals surface area contributed by atoms with E-state index in [0.29, 0.717) is 23.0 Å². The highest BCUT2D eigenvalue weighted by Crippen LogP contribution is 2.44. The molecule has 0 saturated heterocycles. The summed E-state index contributed by atoms with van der Waals surface area (Å²) in [6, 6.07) is 17.7. The van der Waals surface area contributed by atoms with Crippen LogP contribution in [-0.4, -0.2) is 29.6 Å². The van der Waals surface area contributed by atoms with Gasteiger partial charge in [0.15, 0.2) is 0 Å². The molecule has 0 aromatic heterocycles. The molecule has 2 aliphatic rings. The Hall–Kier alpha value is -3.41. The average molecular weight is 491 g/mol. The van der Waals surface area contributed by atoms with Crippen molar-refractivity contribution in [2.75, 3.05) is 0 Å². The molecule has 0 N–H and O–H groups in total. The molecule has 2 fully saturated rings. The monoisotopic (exact) mass is 490 g/mol. The molecule has 0 spiro atoms. The first-order chi connectivity index (χ1) is 17.2. The molecule has 6 heteroatoms. The van der Waals surface area contributed by atoms with Crippen LogP contribution in [0.2, 0.25) is 0 Å². The Kier molecular flexibility index (Phi) is 7.62. The minimum Gasteiger partial charge on any atom is -0.459 e. The van der Waals surface area contributed by atoms with Crippen LogP contribution < -0.4 is 0 Å². The zero-order chi connectivity index (χ0) is 25.8. The number of ether oxygens (including phenoxy) is 3. The molecule has 4 rings (SSSR count). The summed E-state index contributed by atoms with van der Waals surface area (Å²) in [6.07, 6.45) is 6.98. The van der Waals surface area contributed by atoms with Gasteiger partial charge in [0.25, 0.3) is 5.60 Å². The molecule has 0 heterocycles. The number of fused-ring (bicyclic) bond motifs is 2. The van der Waals surface area contributed by atoms with Gasteiger partial charge in [-0.15, -0.1) is 0 Å². The third-order valence-electron chi connectivity index (χ3n) is 6.78. The summed E-state index contributed by atoms with van der Waals surface area (Å²) in [6.45, 7) is 5.21. The third-order valence-corrected chi connectivity index (χ3v) is 6.78. The van der Waals surface area contributed by atoms with Crippen LogP contribution in [0.1, 0.15) is 64.0 Å². The van der Waals surface area contributed by atoms with E-state index in [1.54, 1.807) is 69.3 Å². The van der Waals surface area contributed by atoms with E-state index < -0.39 is 29.1 Å². The van der Waals surface area contributed by atoms with Crippen molar-refractivity contribution in [2.24, 2.45) is 11.8 Å². The minimum atomic E-state index is -1.83. The van der Waals surface area contributed by atoms with E-state index in [4.69, 9.17) is 14.2 Å². The van der Waals surface area contributed by atoms with Crippen molar-refractivity contribution in [3.63, 3.8) is 0 Å². The molecule has 190 valence electrons. The zero-order valence-corrected chi connectivity index (χ0v) is 21.1. The average Bonchev–Trinajstić information content (AvgIpc) is 3.19. The quantitative estimate of drug-likeness (QED) is 0.290. The standard InChI is InChI=1S/C30H34O6/c1-29(2,3)35-26(31)16-17-27(32)36-30(23-10-6-4-7-11-23,24-12-8-5-9-13-24)28(33)34-25-19-21-14-15-22(18-21)20-25/h4-13,16-17,21-22,25H,14-15,18-20H2,1-3H3/b17-16+. The maximum absolute atomic E-state index is 14.0. The van der Waals surface area contributed by atoms with Gasteiger partial charge >= 0.3 is 17.9 Å². The third kappa shape index (κ3) is 6.04. The first kappa shape index (κ1) is 25.7. The highest BCUT2D eigenvalue weighted by molar-refractivity contribution is 5.95. The Balaban J connectivity index is 1.67. The Morgan fingerprint density at radius 1 is 0.722 bits per heavy atom. The van der Waals surface area contributed by atoms with Gasteiger partial charge in [0, 0.05) is 23.3 Å². The smallest absolute Gasteiger partial charge is 0.360 e. The lowest BCUT2D eigenvalue weighted by molar-refractivity contribution is -0.182. The van der Waals surface area contributed by atoms with Gasteiger partial charge in [-0.1, -0.05) is 73.5 Å². The van der Waals surface area contributed by atoms with E-state index in [-0.39, 0.29) is 6.10 Å². The van der Waals surface area contributed by atoms with Crippen LogP contribution in [0.5, 0.6) is 0 Å². The maximum Gasteiger partial charge on any atom is 0.360 e. The number of rotatable bonds is 7. The highest BCUT2D eigenvalue weighted by Gasteiger charge is 2.49. The summed E-state index contributed by atoms with van der Waals surface area (Å²) in [5.74, 6) is -1.02. The van der Waals surface area contributed by atoms with Crippen LogP contribution in [0, 0.1) is 11.8 Å². The molecule has 36 heavy (non-hydrogen) atoms. The van der Waals surface area contributed by atoms with Crippen molar-refractivity contribution in [2.45, 2.75) is 70.2 Å². The normalized spacial score (nSPS) is 21.7. The van der Waals surface area contributed by atoms with Crippen molar-refractivity contribution in [1.29, 1.82) is 0 Å². The van der Waals surface area contributed by atoms with Crippen LogP contribution in [0.25, 0.3) is 0 Å². The molecule has 2 bridgehead atoms. The molecular weight excluding hydrogens is 456 g/mol. The van der Waals surface area contributed by atoms with Crippen molar-refractivity contribution in [1.82, 2.24) is 0 Å². The van der Waals surface area contributed by atoms with Crippen molar-refractivity contribution < 1.29 is 28.6 Å². The van der Waals surface area contributed by atoms with E-state index in [2.05, 4.69) is 0 Å². The topological polar surface area (TPSA) is 78.9 Å². The fourth-order valence-corrected chi connectivity index (χ4v) is 5.34. The number of benzene rings is 2. The first-order valence-corrected chi connectivity index (χ1v) is 12.6. The molecule has 2 aromatic carbocycles. The Labute approximate surface area is 212 Å². The maximum atomic E-state index is 14.0. The summed E-state index contributed by atoms with van der Waals surface area (Å²) in [7, 11) is 0. The number of hydrogen-bond donors (Lipinski definition) is 0. The predicted octanol–water partition coefficient (Wildman–Crippen LogP) is 5.49. The van der Waals surface area contributed by atoms with Crippen molar-refractivity contribution in [3.8, 4) is 0 Å². The van der Waals surface area contributed by atoms with Gasteiger partial charge in [-0.05, 0) is 51.9 Å². The summed E-state index contributed by atoms with van der Waals surface area (Å²) in [5.41, 5.74) is -1.58. The predicted molar refractivity (Wildman–Crippen MR) is 135 cm³/mol. The van der Waals surface area contributed by atoms with Crippen LogP contribution >= 0.6 is 0 Å². The second kappa shape index (κ2) is 10.7. The second-order valence-electron chi connectivity index (χ2n) is 10.7. The van der Waals surface area contributed by atoms with Gasteiger partial charge in [0.1, 0.15) is 11.7 Å². The molecule has 2 unspecified atom stereocenters. The lowest BCUT2D eigenvalue weighted by Gasteiger charge is -2.35. The Morgan fingerprint density at radius 2 is 1.19 bits per heavy atom. The van der Waals surface area contributed by atoms with Crippen LogP contribution in [0.15, 0.2) is 72.8 Å². The van der Waals surface area contributed by atoms with Crippen LogP contribution in [-0.2, 0) is 34.2 Å². The number of carbonyl (C=O) groups is 3. The largest absolute Gasteiger partial charge is 0.459 e. The van der Waals surface area contributed by atoms with Crippen molar-refractivity contribution in [3.05, 3.63) is 83.9 Å². The van der Waals surface area contributed by atoms with E-state index in [1.807, 2.05) is 12.1 Å².